The van der Waals surface area contributed by atoms with Crippen LogP contribution < -0.4 is 10.2 Å². The van der Waals surface area contributed by atoms with Crippen LogP contribution in [0.5, 0.6) is 0 Å². The van der Waals surface area contributed by atoms with E-state index in [1.807, 2.05) is 18.2 Å². The Hall–Kier alpha value is -2.54. The van der Waals surface area contributed by atoms with Crippen molar-refractivity contribution in [2.45, 2.75) is 19.4 Å². The van der Waals surface area contributed by atoms with Crippen LogP contribution in [-0.2, 0) is 11.3 Å². The number of rotatable bonds is 4. The Labute approximate surface area is 149 Å². The Morgan fingerprint density at radius 3 is 2.92 bits per heavy atom. The van der Waals surface area contributed by atoms with E-state index in [1.165, 1.54) is 0 Å². The van der Waals surface area contributed by atoms with E-state index in [0.29, 0.717) is 19.0 Å². The van der Waals surface area contributed by atoms with Crippen LogP contribution in [0, 0.1) is 5.92 Å². The first-order valence-corrected chi connectivity index (χ1v) is 9.25. The average Bonchev–Trinajstić information content (AvgIpc) is 3.10. The van der Waals surface area contributed by atoms with Crippen LogP contribution in [0.15, 0.2) is 42.7 Å². The van der Waals surface area contributed by atoms with Crippen LogP contribution in [-0.4, -0.2) is 33.9 Å². The molecule has 0 radical (unpaired) electrons. The summed E-state index contributed by atoms with van der Waals surface area (Å²) in [5, 5.41) is 3.98. The molecule has 2 aromatic heterocycles. The van der Waals surface area contributed by atoms with Gasteiger partial charge in [0, 0.05) is 25.5 Å². The number of nitrogens with one attached hydrogen (secondary N) is 1. The maximum absolute atomic E-state index is 12.6. The van der Waals surface area contributed by atoms with Gasteiger partial charge >= 0.3 is 0 Å². The highest BCUT2D eigenvalue weighted by Gasteiger charge is 2.27. The van der Waals surface area contributed by atoms with E-state index in [9.17, 15) is 4.79 Å². The van der Waals surface area contributed by atoms with Gasteiger partial charge in [-0.15, -0.1) is 11.3 Å². The van der Waals surface area contributed by atoms with Crippen LogP contribution >= 0.6 is 11.3 Å². The van der Waals surface area contributed by atoms with Gasteiger partial charge < -0.3 is 10.2 Å². The van der Waals surface area contributed by atoms with Crippen molar-refractivity contribution in [3.05, 3.63) is 47.7 Å². The van der Waals surface area contributed by atoms with Crippen LogP contribution in [0.2, 0.25) is 0 Å². The fraction of sp³-hybridized carbons (Fsp3) is 0.333. The molecule has 3 aromatic rings. The van der Waals surface area contributed by atoms with Gasteiger partial charge in [-0.1, -0.05) is 12.1 Å². The first-order chi connectivity index (χ1) is 12.3. The van der Waals surface area contributed by atoms with Crippen LogP contribution in [0.3, 0.4) is 0 Å². The predicted octanol–water partition coefficient (Wildman–Crippen LogP) is 2.62. The molecule has 7 heteroatoms. The SMILES string of the molecule is O=C(NCc1nc2ccccc2s1)C1CCCN(c2ncccn2)C1. The summed E-state index contributed by atoms with van der Waals surface area (Å²) >= 11 is 1.63. The molecule has 1 atom stereocenters. The van der Waals surface area contributed by atoms with Gasteiger partial charge in [0.1, 0.15) is 5.01 Å². The lowest BCUT2D eigenvalue weighted by Crippen LogP contribution is -2.43. The van der Waals surface area contributed by atoms with Crippen molar-refractivity contribution in [2.75, 3.05) is 18.0 Å². The number of para-hydroxylation sites is 1. The quantitative estimate of drug-likeness (QED) is 0.781. The van der Waals surface area contributed by atoms with E-state index in [-0.39, 0.29) is 11.8 Å². The first kappa shape index (κ1) is 16.0. The molecule has 0 aliphatic carbocycles. The smallest absolute Gasteiger partial charge is 0.225 e. The van der Waals surface area contributed by atoms with Crippen molar-refractivity contribution in [3.63, 3.8) is 0 Å². The number of anilines is 1. The number of hydrogen-bond donors (Lipinski definition) is 1. The highest BCUT2D eigenvalue weighted by atomic mass is 32.1. The molecule has 0 bridgehead atoms. The lowest BCUT2D eigenvalue weighted by molar-refractivity contribution is -0.125. The number of nitrogens with zero attached hydrogens (tertiary/aromatic N) is 4. The van der Waals surface area contributed by atoms with Crippen molar-refractivity contribution in [1.29, 1.82) is 0 Å². The average molecular weight is 353 g/mol. The van der Waals surface area contributed by atoms with Gasteiger partial charge in [0.2, 0.25) is 11.9 Å². The number of aromatic nitrogens is 3. The standard InChI is InChI=1S/C18H19N5OS/c24-17(21-11-16-22-14-6-1-2-7-15(14)25-16)13-5-3-10-23(12-13)18-19-8-4-9-20-18/h1-2,4,6-9,13H,3,5,10-12H2,(H,21,24). The Morgan fingerprint density at radius 2 is 2.08 bits per heavy atom. The molecule has 1 aliphatic rings. The number of piperidine rings is 1. The summed E-state index contributed by atoms with van der Waals surface area (Å²) in [7, 11) is 0. The summed E-state index contributed by atoms with van der Waals surface area (Å²) in [5.74, 6) is 0.748. The maximum Gasteiger partial charge on any atom is 0.225 e. The third-order valence-corrected chi connectivity index (χ3v) is 5.42. The van der Waals surface area contributed by atoms with Crippen LogP contribution in [0.25, 0.3) is 10.2 Å². The zero-order valence-electron chi connectivity index (χ0n) is 13.8. The second-order valence-electron chi connectivity index (χ2n) is 6.13. The van der Waals surface area contributed by atoms with Gasteiger partial charge in [-0.2, -0.15) is 0 Å². The Bertz CT molecular complexity index is 833. The number of amides is 1. The van der Waals surface area contributed by atoms with Gasteiger partial charge in [0.25, 0.3) is 0 Å². The van der Waals surface area contributed by atoms with Crippen molar-refractivity contribution in [2.24, 2.45) is 5.92 Å². The van der Waals surface area contributed by atoms with Crippen molar-refractivity contribution < 1.29 is 4.79 Å². The molecule has 4 rings (SSSR count). The number of hydrogen-bond acceptors (Lipinski definition) is 6. The monoisotopic (exact) mass is 353 g/mol. The molecule has 1 saturated heterocycles. The van der Waals surface area contributed by atoms with Crippen molar-refractivity contribution >= 4 is 33.4 Å². The summed E-state index contributed by atoms with van der Waals surface area (Å²) in [6, 6.07) is 9.83. The summed E-state index contributed by atoms with van der Waals surface area (Å²) < 4.78 is 1.15. The van der Waals surface area contributed by atoms with E-state index in [2.05, 4.69) is 31.2 Å². The number of fused-ring (bicyclic) bond motifs is 1. The highest BCUT2D eigenvalue weighted by molar-refractivity contribution is 7.18. The Morgan fingerprint density at radius 1 is 1.24 bits per heavy atom. The van der Waals surface area contributed by atoms with Crippen LogP contribution in [0.4, 0.5) is 5.95 Å². The summed E-state index contributed by atoms with van der Waals surface area (Å²) in [5.41, 5.74) is 0.988. The Kier molecular flexibility index (Phi) is 4.56. The molecule has 6 nitrogen and oxygen atoms in total. The fourth-order valence-electron chi connectivity index (χ4n) is 3.13. The molecule has 0 saturated carbocycles. The zero-order chi connectivity index (χ0) is 17.1. The third-order valence-electron chi connectivity index (χ3n) is 4.38. The molecule has 1 N–H and O–H groups in total. The summed E-state index contributed by atoms with van der Waals surface area (Å²) in [6.45, 7) is 2.04. The lowest BCUT2D eigenvalue weighted by Gasteiger charge is -2.31. The molecule has 1 unspecified atom stereocenters. The highest BCUT2D eigenvalue weighted by Crippen LogP contribution is 2.22. The number of carbonyl (C=O) groups is 1. The fourth-order valence-corrected chi connectivity index (χ4v) is 4.04. The number of carbonyl (C=O) groups excluding carboxylic acids is 1. The molecule has 25 heavy (non-hydrogen) atoms. The summed E-state index contributed by atoms with van der Waals surface area (Å²) in [6.07, 6.45) is 5.34. The minimum atomic E-state index is -0.0352. The van der Waals surface area contributed by atoms with Crippen LogP contribution in [0.1, 0.15) is 17.8 Å². The van der Waals surface area contributed by atoms with Gasteiger partial charge in [-0.3, -0.25) is 4.79 Å². The number of thiazole rings is 1. The van der Waals surface area contributed by atoms with E-state index >= 15 is 0 Å². The van der Waals surface area contributed by atoms with E-state index in [1.54, 1.807) is 29.8 Å². The normalized spacial score (nSPS) is 17.6. The second kappa shape index (κ2) is 7.14. The molecule has 0 spiro atoms. The molecule has 1 fully saturated rings. The Balaban J connectivity index is 1.37. The molecule has 3 heterocycles. The number of benzene rings is 1. The zero-order valence-corrected chi connectivity index (χ0v) is 14.6. The molecule has 1 aromatic carbocycles. The molecule has 1 aliphatic heterocycles. The third kappa shape index (κ3) is 3.61. The van der Waals surface area contributed by atoms with E-state index in [4.69, 9.17) is 0 Å². The van der Waals surface area contributed by atoms with E-state index in [0.717, 1.165) is 34.6 Å². The largest absolute Gasteiger partial charge is 0.349 e. The van der Waals surface area contributed by atoms with Gasteiger partial charge in [-0.05, 0) is 31.0 Å². The molecular formula is C18H19N5OS. The second-order valence-corrected chi connectivity index (χ2v) is 7.24. The van der Waals surface area contributed by atoms with Crippen molar-refractivity contribution in [3.8, 4) is 0 Å². The first-order valence-electron chi connectivity index (χ1n) is 8.44. The lowest BCUT2D eigenvalue weighted by atomic mass is 9.97. The van der Waals surface area contributed by atoms with Crippen molar-refractivity contribution in [1.82, 2.24) is 20.3 Å². The maximum atomic E-state index is 12.6. The summed E-state index contributed by atoms with van der Waals surface area (Å²) in [4.78, 5) is 27.8. The van der Waals surface area contributed by atoms with Gasteiger partial charge in [0.05, 0.1) is 22.7 Å². The molecule has 128 valence electrons. The van der Waals surface area contributed by atoms with Gasteiger partial charge in [-0.25, -0.2) is 15.0 Å². The molecule has 1 amide bonds. The molecular weight excluding hydrogens is 334 g/mol. The van der Waals surface area contributed by atoms with Gasteiger partial charge in [0.15, 0.2) is 0 Å². The van der Waals surface area contributed by atoms with E-state index < -0.39 is 0 Å². The minimum Gasteiger partial charge on any atom is -0.349 e. The predicted molar refractivity (Wildman–Crippen MR) is 98.4 cm³/mol. The topological polar surface area (TPSA) is 71.0 Å². The minimum absolute atomic E-state index is 0.0352.